The zero-order chi connectivity index (χ0) is 15.5. The van der Waals surface area contributed by atoms with Crippen LogP contribution >= 0.6 is 0 Å². The van der Waals surface area contributed by atoms with Crippen molar-refractivity contribution in [2.24, 2.45) is 0 Å². The van der Waals surface area contributed by atoms with Crippen molar-refractivity contribution >= 4 is 16.1 Å². The fraction of sp³-hybridized carbons (Fsp3) is 0.133. The summed E-state index contributed by atoms with van der Waals surface area (Å²) in [5, 5.41) is 0. The van der Waals surface area contributed by atoms with Crippen LogP contribution in [-0.2, 0) is 10.3 Å². The molecule has 0 N–H and O–H groups in total. The average Bonchev–Trinajstić information content (AvgIpc) is 2.48. The molecule has 0 unspecified atom stereocenters. The lowest BCUT2D eigenvalue weighted by Crippen LogP contribution is -2.27. The summed E-state index contributed by atoms with van der Waals surface area (Å²) in [6.45, 7) is 0. The minimum absolute atomic E-state index is 0.127. The second-order valence-corrected chi connectivity index (χ2v) is 6.30. The topological polar surface area (TPSA) is 63.7 Å². The van der Waals surface area contributed by atoms with E-state index in [0.717, 1.165) is 4.31 Å². The molecule has 0 atom stereocenters. The quantitative estimate of drug-likeness (QED) is 0.794. The highest BCUT2D eigenvalue weighted by atomic mass is 32.2. The molecule has 2 aromatic carbocycles. The van der Waals surface area contributed by atoms with E-state index in [9.17, 15) is 13.2 Å². The summed E-state index contributed by atoms with van der Waals surface area (Å²) in [7, 11) is -1.03. The minimum Gasteiger partial charge on any atom is -0.371 e. The zero-order valence-electron chi connectivity index (χ0n) is 11.7. The number of hydrogen-bond acceptors (Lipinski definition) is 4. The van der Waals surface area contributed by atoms with Gasteiger partial charge in [0.25, 0.3) is 0 Å². The van der Waals surface area contributed by atoms with E-state index < -0.39 is 10.3 Å². The smallest absolute Gasteiger partial charge is 0.371 e. The molecule has 0 aliphatic carbocycles. The first-order chi connectivity index (χ1) is 9.90. The molecule has 0 fully saturated rings. The lowest BCUT2D eigenvalue weighted by atomic mass is 10.0. The lowest BCUT2D eigenvalue weighted by molar-refractivity contribution is 0.103. The van der Waals surface area contributed by atoms with E-state index in [-0.39, 0.29) is 11.5 Å². The first kappa shape index (κ1) is 15.2. The van der Waals surface area contributed by atoms with Gasteiger partial charge in [0.05, 0.1) is 0 Å². The molecule has 0 saturated carbocycles. The summed E-state index contributed by atoms with van der Waals surface area (Å²) in [5.74, 6) is 0.0333. The third kappa shape index (κ3) is 3.68. The van der Waals surface area contributed by atoms with Crippen molar-refractivity contribution in [2.45, 2.75) is 0 Å². The van der Waals surface area contributed by atoms with Crippen molar-refractivity contribution in [3.8, 4) is 5.75 Å². The number of rotatable bonds is 5. The van der Waals surface area contributed by atoms with Gasteiger partial charge in [-0.2, -0.15) is 12.7 Å². The fourth-order valence-electron chi connectivity index (χ4n) is 1.61. The summed E-state index contributed by atoms with van der Waals surface area (Å²) in [4.78, 5) is 12.2. The predicted octanol–water partition coefficient (Wildman–Crippen LogP) is 2.10. The molecule has 110 valence electrons. The predicted molar refractivity (Wildman–Crippen MR) is 79.6 cm³/mol. The zero-order valence-corrected chi connectivity index (χ0v) is 12.5. The second kappa shape index (κ2) is 6.07. The van der Waals surface area contributed by atoms with Crippen LogP contribution in [0.25, 0.3) is 0 Å². The summed E-state index contributed by atoms with van der Waals surface area (Å²) in [5.41, 5.74) is 1.04. The average molecular weight is 305 g/mol. The lowest BCUT2D eigenvalue weighted by Gasteiger charge is -2.12. The molecular formula is C15H15NO4S. The molecular weight excluding hydrogens is 290 g/mol. The molecule has 0 aliphatic heterocycles. The Balaban J connectivity index is 2.18. The number of benzene rings is 2. The van der Waals surface area contributed by atoms with Crippen LogP contribution in [0.5, 0.6) is 5.75 Å². The first-order valence-electron chi connectivity index (χ1n) is 6.22. The highest BCUT2D eigenvalue weighted by molar-refractivity contribution is 7.84. The van der Waals surface area contributed by atoms with Gasteiger partial charge in [0.2, 0.25) is 0 Å². The van der Waals surface area contributed by atoms with Crippen LogP contribution in [0.3, 0.4) is 0 Å². The Bertz CT molecular complexity index is 722. The number of ketones is 1. The van der Waals surface area contributed by atoms with E-state index in [1.54, 1.807) is 24.3 Å². The first-order valence-corrected chi connectivity index (χ1v) is 7.58. The number of hydrogen-bond donors (Lipinski definition) is 0. The van der Waals surface area contributed by atoms with E-state index >= 15 is 0 Å². The largest absolute Gasteiger partial charge is 0.384 e. The van der Waals surface area contributed by atoms with Crippen LogP contribution in [0.1, 0.15) is 15.9 Å². The molecule has 0 radical (unpaired) electrons. The van der Waals surface area contributed by atoms with E-state index in [4.69, 9.17) is 4.18 Å². The Morgan fingerprint density at radius 3 is 1.95 bits per heavy atom. The van der Waals surface area contributed by atoms with Crippen molar-refractivity contribution in [2.75, 3.05) is 14.1 Å². The van der Waals surface area contributed by atoms with Gasteiger partial charge in [-0.3, -0.25) is 4.79 Å². The van der Waals surface area contributed by atoms with Crippen LogP contribution in [0.4, 0.5) is 0 Å². The van der Waals surface area contributed by atoms with E-state index in [2.05, 4.69) is 0 Å². The highest BCUT2D eigenvalue weighted by Gasteiger charge is 2.16. The number of nitrogens with zero attached hydrogens (tertiary/aromatic N) is 1. The Kier molecular flexibility index (Phi) is 4.40. The third-order valence-electron chi connectivity index (χ3n) is 2.80. The van der Waals surface area contributed by atoms with E-state index in [1.165, 1.54) is 38.4 Å². The van der Waals surface area contributed by atoms with Crippen molar-refractivity contribution in [1.82, 2.24) is 4.31 Å². The van der Waals surface area contributed by atoms with E-state index in [0.29, 0.717) is 11.1 Å². The van der Waals surface area contributed by atoms with Crippen molar-refractivity contribution in [3.05, 3.63) is 65.7 Å². The molecule has 6 heteroatoms. The summed E-state index contributed by atoms with van der Waals surface area (Å²) >= 11 is 0. The van der Waals surface area contributed by atoms with Crippen LogP contribution < -0.4 is 4.18 Å². The Morgan fingerprint density at radius 2 is 1.43 bits per heavy atom. The molecule has 0 spiro atoms. The summed E-state index contributed by atoms with van der Waals surface area (Å²) < 4.78 is 29.0. The molecule has 2 rings (SSSR count). The summed E-state index contributed by atoms with van der Waals surface area (Å²) in [6, 6.07) is 14.8. The van der Waals surface area contributed by atoms with Gasteiger partial charge in [0.1, 0.15) is 5.75 Å². The fourth-order valence-corrected chi connectivity index (χ4v) is 2.12. The summed E-state index contributed by atoms with van der Waals surface area (Å²) in [6.07, 6.45) is 0. The highest BCUT2D eigenvalue weighted by Crippen LogP contribution is 2.17. The van der Waals surface area contributed by atoms with Crippen molar-refractivity contribution < 1.29 is 17.4 Å². The maximum atomic E-state index is 12.2. The second-order valence-electron chi connectivity index (χ2n) is 4.54. The molecule has 0 amide bonds. The van der Waals surface area contributed by atoms with Gasteiger partial charge in [-0.15, -0.1) is 0 Å². The molecule has 0 aliphatic rings. The van der Waals surface area contributed by atoms with Crippen molar-refractivity contribution in [1.29, 1.82) is 0 Å². The Hall–Kier alpha value is -2.18. The van der Waals surface area contributed by atoms with Gasteiger partial charge in [-0.05, 0) is 24.3 Å². The van der Waals surface area contributed by atoms with E-state index in [1.807, 2.05) is 6.07 Å². The third-order valence-corrected chi connectivity index (χ3v) is 4.10. The van der Waals surface area contributed by atoms with Crippen LogP contribution in [0, 0.1) is 0 Å². The Morgan fingerprint density at radius 1 is 0.905 bits per heavy atom. The molecule has 21 heavy (non-hydrogen) atoms. The normalized spacial score (nSPS) is 11.4. The molecule has 2 aromatic rings. The van der Waals surface area contributed by atoms with Gasteiger partial charge < -0.3 is 4.18 Å². The molecule has 0 saturated heterocycles. The van der Waals surface area contributed by atoms with Gasteiger partial charge >= 0.3 is 10.3 Å². The SMILES string of the molecule is CN(C)S(=O)(=O)Oc1ccc(C(=O)c2ccccc2)cc1. The van der Waals surface area contributed by atoms with Crippen molar-refractivity contribution in [3.63, 3.8) is 0 Å². The molecule has 5 nitrogen and oxygen atoms in total. The molecule has 0 bridgehead atoms. The number of carbonyl (C=O) groups excluding carboxylic acids is 1. The molecule has 0 aromatic heterocycles. The minimum atomic E-state index is -3.79. The van der Waals surface area contributed by atoms with Gasteiger partial charge in [-0.25, -0.2) is 0 Å². The van der Waals surface area contributed by atoms with Gasteiger partial charge in [0.15, 0.2) is 5.78 Å². The van der Waals surface area contributed by atoms with Crippen LogP contribution in [0.2, 0.25) is 0 Å². The van der Waals surface area contributed by atoms with Gasteiger partial charge in [0, 0.05) is 25.2 Å². The maximum absolute atomic E-state index is 12.2. The van der Waals surface area contributed by atoms with Gasteiger partial charge in [-0.1, -0.05) is 30.3 Å². The standard InChI is InChI=1S/C15H15NO4S/c1-16(2)21(18,19)20-14-10-8-13(9-11-14)15(17)12-6-4-3-5-7-12/h3-11H,1-2H3. The maximum Gasteiger partial charge on any atom is 0.384 e. The van der Waals surface area contributed by atoms with Crippen LogP contribution in [-0.4, -0.2) is 32.6 Å². The number of carbonyl (C=O) groups is 1. The Labute approximate surface area is 124 Å². The van der Waals surface area contributed by atoms with Crippen LogP contribution in [0.15, 0.2) is 54.6 Å². The monoisotopic (exact) mass is 305 g/mol. The molecule has 0 heterocycles.